The lowest BCUT2D eigenvalue weighted by molar-refractivity contribution is 0.254. The van der Waals surface area contributed by atoms with Gasteiger partial charge < -0.3 is 19.7 Å². The number of ether oxygens (including phenoxy) is 2. The lowest BCUT2D eigenvalue weighted by Gasteiger charge is -2.18. The first kappa shape index (κ1) is 19.8. The maximum absolute atomic E-state index is 6.12. The SMILES string of the molecule is COc1cc2c(NC(C)C)c3ccccc3nc2cc1OCCCN1CCCC1. The standard InChI is InChI=1S/C24H31N3O2/c1-17(2)25-24-18-9-4-5-10-20(18)26-21-16-23(22(28-3)15-19(21)24)29-14-8-13-27-11-6-7-12-27/h4-5,9-10,15-17H,6-8,11-14H2,1-3H3,(H,25,26). The van der Waals surface area contributed by atoms with Crippen molar-refractivity contribution in [3.63, 3.8) is 0 Å². The van der Waals surface area contributed by atoms with Crippen molar-refractivity contribution in [3.8, 4) is 11.5 Å². The molecule has 0 unspecified atom stereocenters. The molecule has 0 atom stereocenters. The number of pyridine rings is 1. The molecule has 0 spiro atoms. The molecule has 2 aromatic carbocycles. The van der Waals surface area contributed by atoms with Gasteiger partial charge in [-0.15, -0.1) is 0 Å². The third kappa shape index (κ3) is 4.40. The minimum Gasteiger partial charge on any atom is -0.493 e. The minimum absolute atomic E-state index is 0.316. The van der Waals surface area contributed by atoms with E-state index in [1.54, 1.807) is 7.11 Å². The van der Waals surface area contributed by atoms with E-state index in [0.717, 1.165) is 52.0 Å². The number of anilines is 1. The zero-order valence-electron chi connectivity index (χ0n) is 17.7. The van der Waals surface area contributed by atoms with E-state index in [4.69, 9.17) is 14.5 Å². The average Bonchev–Trinajstić information content (AvgIpc) is 3.24. The zero-order valence-corrected chi connectivity index (χ0v) is 17.7. The number of likely N-dealkylation sites (tertiary alicyclic amines) is 1. The molecule has 5 nitrogen and oxygen atoms in total. The van der Waals surface area contributed by atoms with Gasteiger partial charge in [-0.3, -0.25) is 0 Å². The van der Waals surface area contributed by atoms with Gasteiger partial charge in [0.2, 0.25) is 0 Å². The van der Waals surface area contributed by atoms with Crippen LogP contribution in [-0.4, -0.2) is 49.3 Å². The molecule has 1 saturated heterocycles. The van der Waals surface area contributed by atoms with Crippen LogP contribution in [-0.2, 0) is 0 Å². The molecule has 1 aliphatic rings. The highest BCUT2D eigenvalue weighted by Gasteiger charge is 2.15. The lowest BCUT2D eigenvalue weighted by atomic mass is 10.1. The van der Waals surface area contributed by atoms with Crippen LogP contribution in [0, 0.1) is 0 Å². The summed E-state index contributed by atoms with van der Waals surface area (Å²) in [6.07, 6.45) is 3.67. The molecule has 154 valence electrons. The fourth-order valence-electron chi connectivity index (χ4n) is 4.09. The normalized spacial score (nSPS) is 14.8. The topological polar surface area (TPSA) is 46.6 Å². The van der Waals surface area contributed by atoms with Crippen molar-refractivity contribution < 1.29 is 9.47 Å². The van der Waals surface area contributed by atoms with Crippen LogP contribution in [0.15, 0.2) is 36.4 Å². The number of rotatable bonds is 8. The first-order valence-electron chi connectivity index (χ1n) is 10.7. The Hall–Kier alpha value is -2.53. The summed E-state index contributed by atoms with van der Waals surface area (Å²) in [7, 11) is 1.70. The van der Waals surface area contributed by atoms with Crippen molar-refractivity contribution in [2.24, 2.45) is 0 Å². The van der Waals surface area contributed by atoms with E-state index in [2.05, 4.69) is 48.3 Å². The molecule has 1 aliphatic heterocycles. The second-order valence-electron chi connectivity index (χ2n) is 8.07. The Morgan fingerprint density at radius 3 is 2.59 bits per heavy atom. The van der Waals surface area contributed by atoms with Crippen molar-refractivity contribution in [2.75, 3.05) is 38.7 Å². The van der Waals surface area contributed by atoms with Crippen LogP contribution in [0.2, 0.25) is 0 Å². The van der Waals surface area contributed by atoms with E-state index < -0.39 is 0 Å². The number of hydrogen-bond acceptors (Lipinski definition) is 5. The molecule has 0 saturated carbocycles. The van der Waals surface area contributed by atoms with Crippen LogP contribution < -0.4 is 14.8 Å². The van der Waals surface area contributed by atoms with Crippen LogP contribution in [0.5, 0.6) is 11.5 Å². The van der Waals surface area contributed by atoms with Crippen LogP contribution in [0.4, 0.5) is 5.69 Å². The minimum atomic E-state index is 0.316. The maximum Gasteiger partial charge on any atom is 0.163 e. The van der Waals surface area contributed by atoms with Gasteiger partial charge in [0, 0.05) is 29.4 Å². The molecule has 1 N–H and O–H groups in total. The molecular weight excluding hydrogens is 362 g/mol. The quantitative estimate of drug-likeness (QED) is 0.427. The van der Waals surface area contributed by atoms with E-state index >= 15 is 0 Å². The van der Waals surface area contributed by atoms with E-state index in [0.29, 0.717) is 12.6 Å². The number of aromatic nitrogens is 1. The highest BCUT2D eigenvalue weighted by molar-refractivity contribution is 6.08. The van der Waals surface area contributed by atoms with Gasteiger partial charge in [-0.1, -0.05) is 18.2 Å². The summed E-state index contributed by atoms with van der Waals surface area (Å²) in [5, 5.41) is 5.78. The van der Waals surface area contributed by atoms with Gasteiger partial charge in [0.1, 0.15) is 0 Å². The first-order chi connectivity index (χ1) is 14.2. The Bertz CT molecular complexity index is 981. The van der Waals surface area contributed by atoms with Gasteiger partial charge >= 0.3 is 0 Å². The predicted molar refractivity (Wildman–Crippen MR) is 120 cm³/mol. The summed E-state index contributed by atoms with van der Waals surface area (Å²) in [6, 6.07) is 12.6. The van der Waals surface area contributed by atoms with E-state index in [-0.39, 0.29) is 0 Å². The fraction of sp³-hybridized carbons (Fsp3) is 0.458. The molecule has 2 heterocycles. The van der Waals surface area contributed by atoms with Gasteiger partial charge in [-0.2, -0.15) is 0 Å². The van der Waals surface area contributed by atoms with Crippen LogP contribution >= 0.6 is 0 Å². The van der Waals surface area contributed by atoms with E-state index in [1.807, 2.05) is 12.1 Å². The van der Waals surface area contributed by atoms with Crippen molar-refractivity contribution in [1.82, 2.24) is 9.88 Å². The van der Waals surface area contributed by atoms with E-state index in [1.165, 1.54) is 25.9 Å². The van der Waals surface area contributed by atoms with Crippen molar-refractivity contribution in [3.05, 3.63) is 36.4 Å². The molecular formula is C24H31N3O2. The van der Waals surface area contributed by atoms with Crippen LogP contribution in [0.1, 0.15) is 33.1 Å². The molecule has 4 rings (SSSR count). The van der Waals surface area contributed by atoms with Gasteiger partial charge in [0.25, 0.3) is 0 Å². The number of nitrogens with zero attached hydrogens (tertiary/aromatic N) is 2. The van der Waals surface area contributed by atoms with Crippen molar-refractivity contribution in [1.29, 1.82) is 0 Å². The third-order valence-corrected chi connectivity index (χ3v) is 5.47. The van der Waals surface area contributed by atoms with E-state index in [9.17, 15) is 0 Å². The first-order valence-corrected chi connectivity index (χ1v) is 10.7. The number of fused-ring (bicyclic) bond motifs is 2. The molecule has 0 radical (unpaired) electrons. The van der Waals surface area contributed by atoms with Crippen LogP contribution in [0.25, 0.3) is 21.8 Å². The monoisotopic (exact) mass is 393 g/mol. The zero-order chi connectivity index (χ0) is 20.2. The number of benzene rings is 2. The Morgan fingerprint density at radius 2 is 1.83 bits per heavy atom. The molecule has 0 aliphatic carbocycles. The van der Waals surface area contributed by atoms with Crippen molar-refractivity contribution in [2.45, 2.75) is 39.2 Å². The summed E-state index contributed by atoms with van der Waals surface area (Å²) in [5.74, 6) is 1.52. The highest BCUT2D eigenvalue weighted by atomic mass is 16.5. The van der Waals surface area contributed by atoms with Gasteiger partial charge in [0.15, 0.2) is 11.5 Å². The second-order valence-corrected chi connectivity index (χ2v) is 8.07. The van der Waals surface area contributed by atoms with Gasteiger partial charge in [0.05, 0.1) is 30.4 Å². The average molecular weight is 394 g/mol. The van der Waals surface area contributed by atoms with Gasteiger partial charge in [-0.25, -0.2) is 4.98 Å². The molecule has 3 aromatic rings. The molecule has 0 amide bonds. The molecule has 29 heavy (non-hydrogen) atoms. The Balaban J connectivity index is 1.64. The Morgan fingerprint density at radius 1 is 1.03 bits per heavy atom. The largest absolute Gasteiger partial charge is 0.493 e. The maximum atomic E-state index is 6.12. The number of methoxy groups -OCH3 is 1. The molecule has 1 fully saturated rings. The molecule has 5 heteroatoms. The second kappa shape index (κ2) is 8.87. The fourth-order valence-corrected chi connectivity index (χ4v) is 4.09. The Labute approximate surface area is 173 Å². The summed E-state index contributed by atoms with van der Waals surface area (Å²) in [6.45, 7) is 8.53. The Kier molecular flexibility index (Phi) is 6.05. The number of hydrogen-bond donors (Lipinski definition) is 1. The summed E-state index contributed by atoms with van der Waals surface area (Å²) in [4.78, 5) is 7.40. The molecule has 0 bridgehead atoms. The highest BCUT2D eigenvalue weighted by Crippen LogP contribution is 2.38. The summed E-state index contributed by atoms with van der Waals surface area (Å²) < 4.78 is 11.8. The smallest absolute Gasteiger partial charge is 0.163 e. The summed E-state index contributed by atoms with van der Waals surface area (Å²) in [5.41, 5.74) is 3.00. The van der Waals surface area contributed by atoms with Crippen LogP contribution in [0.3, 0.4) is 0 Å². The van der Waals surface area contributed by atoms with Crippen molar-refractivity contribution >= 4 is 27.5 Å². The summed E-state index contributed by atoms with van der Waals surface area (Å²) >= 11 is 0. The predicted octanol–water partition coefficient (Wildman–Crippen LogP) is 5.08. The molecule has 1 aromatic heterocycles. The third-order valence-electron chi connectivity index (χ3n) is 5.47. The number of nitrogens with one attached hydrogen (secondary N) is 1. The van der Waals surface area contributed by atoms with Gasteiger partial charge in [-0.05, 0) is 58.3 Å². The number of para-hydroxylation sites is 1. The lowest BCUT2D eigenvalue weighted by Crippen LogP contribution is -2.21.